The molecule has 2 rings (SSSR count). The van der Waals surface area contributed by atoms with Crippen LogP contribution in [0.4, 0.5) is 5.82 Å². The van der Waals surface area contributed by atoms with Crippen molar-refractivity contribution in [3.8, 4) is 22.6 Å². The second kappa shape index (κ2) is 10.1. The van der Waals surface area contributed by atoms with Crippen LogP contribution < -0.4 is 20.8 Å². The molecule has 0 radical (unpaired) electrons. The number of H-pyrrole nitrogens is 1. The monoisotopic (exact) mass is 434 g/mol. The largest absolute Gasteiger partial charge is 0.493 e. The van der Waals surface area contributed by atoms with Gasteiger partial charge in [0.15, 0.2) is 11.5 Å². The topological polar surface area (TPSA) is 178 Å². The number of benzene rings is 1. The van der Waals surface area contributed by atoms with Crippen LogP contribution in [0.15, 0.2) is 23.0 Å². The Labute approximate surface area is 176 Å². The number of carboxylic acids is 2. The molecular formula is C20H22N2O9. The van der Waals surface area contributed by atoms with Gasteiger partial charge in [0.2, 0.25) is 0 Å². The van der Waals surface area contributed by atoms with E-state index in [-0.39, 0.29) is 43.1 Å². The first-order valence-electron chi connectivity index (χ1n) is 9.21. The maximum absolute atomic E-state index is 12.3. The summed E-state index contributed by atoms with van der Waals surface area (Å²) in [7, 11) is 1.34. The van der Waals surface area contributed by atoms with Crippen LogP contribution in [0.5, 0.6) is 11.5 Å². The van der Waals surface area contributed by atoms with E-state index in [1.807, 2.05) is 4.98 Å². The third-order valence-corrected chi connectivity index (χ3v) is 4.22. The minimum Gasteiger partial charge on any atom is -0.493 e. The van der Waals surface area contributed by atoms with Crippen molar-refractivity contribution < 1.29 is 38.8 Å². The van der Waals surface area contributed by atoms with E-state index in [0.717, 1.165) is 0 Å². The molecule has 5 N–H and O–H groups in total. The molecular weight excluding hydrogens is 412 g/mol. The second-order valence-corrected chi connectivity index (χ2v) is 6.20. The average Bonchev–Trinajstić information content (AvgIpc) is 2.70. The molecule has 2 aromatic rings. The summed E-state index contributed by atoms with van der Waals surface area (Å²) in [4.78, 5) is 49.5. The SMILES string of the molecule is CCOC(=O)CCCOc1c(OC)cccc1-c1c(C(=O)O)c(N)[nH]c(=O)c1C(=O)O. The number of rotatable bonds is 10. The van der Waals surface area contributed by atoms with Crippen molar-refractivity contribution in [1.29, 1.82) is 0 Å². The Morgan fingerprint density at radius 2 is 1.81 bits per heavy atom. The number of para-hydroxylation sites is 1. The van der Waals surface area contributed by atoms with Gasteiger partial charge in [-0.25, -0.2) is 9.59 Å². The number of nitrogens with two attached hydrogens (primary N) is 1. The van der Waals surface area contributed by atoms with Crippen molar-refractivity contribution >= 4 is 23.7 Å². The molecule has 11 nitrogen and oxygen atoms in total. The summed E-state index contributed by atoms with van der Waals surface area (Å²) in [6.07, 6.45) is 0.350. The van der Waals surface area contributed by atoms with Crippen LogP contribution in [0.3, 0.4) is 0 Å². The lowest BCUT2D eigenvalue weighted by Gasteiger charge is -2.18. The van der Waals surface area contributed by atoms with E-state index in [4.69, 9.17) is 19.9 Å². The molecule has 0 aliphatic carbocycles. The quantitative estimate of drug-likeness (QED) is 0.318. The molecule has 1 heterocycles. The van der Waals surface area contributed by atoms with E-state index >= 15 is 0 Å². The highest BCUT2D eigenvalue weighted by atomic mass is 16.5. The second-order valence-electron chi connectivity index (χ2n) is 6.20. The molecule has 11 heteroatoms. The summed E-state index contributed by atoms with van der Waals surface area (Å²) in [6, 6.07) is 4.38. The predicted octanol–water partition coefficient (Wildman–Crippen LogP) is 1.75. The number of hydrogen-bond donors (Lipinski definition) is 4. The minimum atomic E-state index is -1.64. The molecule has 0 aliphatic heterocycles. The Balaban J connectivity index is 2.62. The summed E-state index contributed by atoms with van der Waals surface area (Å²) in [5.41, 5.74) is 2.78. The Morgan fingerprint density at radius 1 is 1.13 bits per heavy atom. The number of carbonyl (C=O) groups is 3. The fourth-order valence-corrected chi connectivity index (χ4v) is 2.96. The van der Waals surface area contributed by atoms with Crippen molar-refractivity contribution in [1.82, 2.24) is 4.98 Å². The van der Waals surface area contributed by atoms with Crippen LogP contribution in [0.1, 0.15) is 40.5 Å². The molecule has 0 bridgehead atoms. The highest BCUT2D eigenvalue weighted by Gasteiger charge is 2.29. The summed E-state index contributed by atoms with van der Waals surface area (Å²) in [6.45, 7) is 1.94. The molecule has 0 amide bonds. The number of esters is 1. The number of pyridine rings is 1. The van der Waals surface area contributed by atoms with Gasteiger partial charge in [0.25, 0.3) is 5.56 Å². The lowest BCUT2D eigenvalue weighted by Crippen LogP contribution is -2.24. The first-order chi connectivity index (χ1) is 14.7. The van der Waals surface area contributed by atoms with Gasteiger partial charge in [-0.3, -0.25) is 9.59 Å². The van der Waals surface area contributed by atoms with Gasteiger partial charge in [-0.05, 0) is 19.4 Å². The Bertz CT molecular complexity index is 1060. The smallest absolute Gasteiger partial charge is 0.342 e. The van der Waals surface area contributed by atoms with Gasteiger partial charge in [0.1, 0.15) is 16.9 Å². The van der Waals surface area contributed by atoms with E-state index < -0.39 is 46.0 Å². The normalized spacial score (nSPS) is 10.4. The van der Waals surface area contributed by atoms with Gasteiger partial charge in [0.05, 0.1) is 20.3 Å². The Kier molecular flexibility index (Phi) is 7.61. The standard InChI is InChI=1S/C20H22N2O9/c1-3-30-12(23)8-5-9-31-16-10(6-4-7-11(16)29-2)13-14(19(25)26)17(21)22-18(24)15(13)20(27)28/h4,6-7H,3,5,8-9H2,1-2H3,(H,25,26)(H,27,28)(H3,21,22,24). The van der Waals surface area contributed by atoms with E-state index in [2.05, 4.69) is 0 Å². The van der Waals surface area contributed by atoms with E-state index in [1.54, 1.807) is 6.92 Å². The van der Waals surface area contributed by atoms with Crippen molar-refractivity contribution in [3.63, 3.8) is 0 Å². The highest BCUT2D eigenvalue weighted by Crippen LogP contribution is 2.41. The molecule has 1 aromatic carbocycles. The molecule has 0 spiro atoms. The summed E-state index contributed by atoms with van der Waals surface area (Å²) in [5.74, 6) is -3.93. The molecule has 0 fully saturated rings. The maximum atomic E-state index is 12.3. The molecule has 0 unspecified atom stereocenters. The first kappa shape index (κ1) is 23.3. The third-order valence-electron chi connectivity index (χ3n) is 4.22. The van der Waals surface area contributed by atoms with Crippen LogP contribution in [-0.4, -0.2) is 53.4 Å². The summed E-state index contributed by atoms with van der Waals surface area (Å²) < 4.78 is 15.8. The number of hydrogen-bond acceptors (Lipinski definition) is 8. The van der Waals surface area contributed by atoms with Gasteiger partial charge in [-0.1, -0.05) is 12.1 Å². The van der Waals surface area contributed by atoms with Crippen LogP contribution in [-0.2, 0) is 9.53 Å². The average molecular weight is 434 g/mol. The fraction of sp³-hybridized carbons (Fsp3) is 0.300. The molecule has 0 saturated carbocycles. The predicted molar refractivity (Wildman–Crippen MR) is 109 cm³/mol. The van der Waals surface area contributed by atoms with E-state index in [0.29, 0.717) is 0 Å². The van der Waals surface area contributed by atoms with Crippen molar-refractivity contribution in [2.45, 2.75) is 19.8 Å². The van der Waals surface area contributed by atoms with Crippen LogP contribution in [0.25, 0.3) is 11.1 Å². The number of nitrogen functional groups attached to an aromatic ring is 1. The van der Waals surface area contributed by atoms with Gasteiger partial charge in [-0.15, -0.1) is 0 Å². The van der Waals surface area contributed by atoms with E-state index in [9.17, 15) is 29.4 Å². The van der Waals surface area contributed by atoms with Crippen molar-refractivity contribution in [2.24, 2.45) is 0 Å². The number of carbonyl (C=O) groups excluding carboxylic acids is 1. The molecule has 166 valence electrons. The summed E-state index contributed by atoms with van der Waals surface area (Å²) in [5, 5.41) is 19.2. The van der Waals surface area contributed by atoms with Gasteiger partial charge in [0, 0.05) is 17.5 Å². The third kappa shape index (κ3) is 5.13. The van der Waals surface area contributed by atoms with E-state index in [1.165, 1.54) is 25.3 Å². The first-order valence-corrected chi connectivity index (χ1v) is 9.21. The molecule has 0 aliphatic rings. The zero-order valence-electron chi connectivity index (χ0n) is 16.9. The Morgan fingerprint density at radius 3 is 2.39 bits per heavy atom. The number of aromatic amines is 1. The number of ether oxygens (including phenoxy) is 3. The van der Waals surface area contributed by atoms with Crippen molar-refractivity contribution in [2.75, 3.05) is 26.1 Å². The zero-order chi connectivity index (χ0) is 23.1. The molecule has 0 atom stereocenters. The van der Waals surface area contributed by atoms with Crippen LogP contribution in [0.2, 0.25) is 0 Å². The number of aromatic nitrogens is 1. The molecule has 31 heavy (non-hydrogen) atoms. The highest BCUT2D eigenvalue weighted by molar-refractivity contribution is 6.08. The lowest BCUT2D eigenvalue weighted by molar-refractivity contribution is -0.143. The fourth-order valence-electron chi connectivity index (χ4n) is 2.96. The number of methoxy groups -OCH3 is 1. The van der Waals surface area contributed by atoms with Gasteiger partial charge >= 0.3 is 17.9 Å². The van der Waals surface area contributed by atoms with Crippen LogP contribution >= 0.6 is 0 Å². The van der Waals surface area contributed by atoms with Gasteiger partial charge in [-0.2, -0.15) is 0 Å². The number of anilines is 1. The Hall–Kier alpha value is -4.02. The number of nitrogens with one attached hydrogen (secondary N) is 1. The zero-order valence-corrected chi connectivity index (χ0v) is 16.9. The number of carboxylic acid groups (broad SMARTS) is 2. The lowest BCUT2D eigenvalue weighted by atomic mass is 9.94. The minimum absolute atomic E-state index is 0.00357. The maximum Gasteiger partial charge on any atom is 0.342 e. The summed E-state index contributed by atoms with van der Waals surface area (Å²) >= 11 is 0. The molecule has 0 saturated heterocycles. The van der Waals surface area contributed by atoms with Crippen molar-refractivity contribution in [3.05, 3.63) is 39.7 Å². The molecule has 1 aromatic heterocycles. The van der Waals surface area contributed by atoms with Crippen LogP contribution in [0, 0.1) is 0 Å². The number of aromatic carboxylic acids is 2. The van der Waals surface area contributed by atoms with Gasteiger partial charge < -0.3 is 35.1 Å².